The smallest absolute Gasteiger partial charge is 0.145 e. The number of rotatable bonds is 3. The Morgan fingerprint density at radius 2 is 2.22 bits per heavy atom. The van der Waals surface area contributed by atoms with Crippen molar-refractivity contribution in [1.29, 1.82) is 0 Å². The van der Waals surface area contributed by atoms with Gasteiger partial charge in [0.15, 0.2) is 0 Å². The standard InChI is InChI=1S/C13H22N4O/c14-13-5-6-17(15-13)8-7-16-9-10-18-12-4-2-1-3-11(12)16/h5-6,11-12H,1-4,7-10H2,(H2,14,15). The highest BCUT2D eigenvalue weighted by Gasteiger charge is 2.33. The number of hydrogen-bond donors (Lipinski definition) is 1. The number of hydrogen-bond acceptors (Lipinski definition) is 4. The summed E-state index contributed by atoms with van der Waals surface area (Å²) in [7, 11) is 0. The molecule has 2 N–H and O–H groups in total. The SMILES string of the molecule is Nc1ccn(CCN2CCOC3CCCCC32)n1. The highest BCUT2D eigenvalue weighted by molar-refractivity contribution is 5.23. The van der Waals surface area contributed by atoms with Crippen LogP contribution in [0.2, 0.25) is 0 Å². The average Bonchev–Trinajstić information content (AvgIpc) is 2.82. The zero-order valence-electron chi connectivity index (χ0n) is 10.8. The van der Waals surface area contributed by atoms with Crippen molar-refractivity contribution in [3.8, 4) is 0 Å². The predicted octanol–water partition coefficient (Wildman–Crippen LogP) is 1.11. The molecular formula is C13H22N4O. The van der Waals surface area contributed by atoms with E-state index in [4.69, 9.17) is 10.5 Å². The van der Waals surface area contributed by atoms with Crippen molar-refractivity contribution in [3.05, 3.63) is 12.3 Å². The van der Waals surface area contributed by atoms with E-state index in [1.807, 2.05) is 16.9 Å². The van der Waals surface area contributed by atoms with Gasteiger partial charge < -0.3 is 10.5 Å². The Hall–Kier alpha value is -1.07. The minimum absolute atomic E-state index is 0.468. The average molecular weight is 250 g/mol. The lowest BCUT2D eigenvalue weighted by molar-refractivity contribution is -0.0888. The molecule has 1 aliphatic carbocycles. The third-order valence-corrected chi connectivity index (χ3v) is 4.12. The molecule has 0 spiro atoms. The maximum absolute atomic E-state index is 5.88. The third-order valence-electron chi connectivity index (χ3n) is 4.12. The summed E-state index contributed by atoms with van der Waals surface area (Å²) in [6.45, 7) is 3.90. The van der Waals surface area contributed by atoms with Crippen LogP contribution in [0.3, 0.4) is 0 Å². The first-order valence-corrected chi connectivity index (χ1v) is 6.97. The van der Waals surface area contributed by atoms with Gasteiger partial charge in [-0.3, -0.25) is 9.58 Å². The number of morpholine rings is 1. The predicted molar refractivity (Wildman–Crippen MR) is 70.2 cm³/mol. The Bertz CT molecular complexity index is 390. The monoisotopic (exact) mass is 250 g/mol. The zero-order chi connectivity index (χ0) is 12.4. The van der Waals surface area contributed by atoms with Gasteiger partial charge >= 0.3 is 0 Å². The molecule has 2 atom stereocenters. The van der Waals surface area contributed by atoms with E-state index in [-0.39, 0.29) is 0 Å². The molecule has 18 heavy (non-hydrogen) atoms. The fraction of sp³-hybridized carbons (Fsp3) is 0.769. The van der Waals surface area contributed by atoms with Gasteiger partial charge in [0.2, 0.25) is 0 Å². The van der Waals surface area contributed by atoms with Crippen LogP contribution in [0.25, 0.3) is 0 Å². The summed E-state index contributed by atoms with van der Waals surface area (Å²) < 4.78 is 7.82. The van der Waals surface area contributed by atoms with Crippen molar-refractivity contribution in [2.24, 2.45) is 0 Å². The number of anilines is 1. The van der Waals surface area contributed by atoms with Gasteiger partial charge in [-0.1, -0.05) is 12.8 Å². The molecule has 2 aliphatic rings. The van der Waals surface area contributed by atoms with Crippen LogP contribution < -0.4 is 5.73 Å². The van der Waals surface area contributed by atoms with Gasteiger partial charge in [-0.15, -0.1) is 0 Å². The minimum atomic E-state index is 0.468. The first kappa shape index (κ1) is 12.0. The van der Waals surface area contributed by atoms with Crippen LogP contribution in [0, 0.1) is 0 Å². The fourth-order valence-corrected chi connectivity index (χ4v) is 3.19. The number of ether oxygens (including phenoxy) is 1. The lowest BCUT2D eigenvalue weighted by Gasteiger charge is -2.43. The van der Waals surface area contributed by atoms with E-state index in [2.05, 4.69) is 10.00 Å². The van der Waals surface area contributed by atoms with Gasteiger partial charge in [0.1, 0.15) is 5.82 Å². The Morgan fingerprint density at radius 3 is 3.06 bits per heavy atom. The van der Waals surface area contributed by atoms with E-state index >= 15 is 0 Å². The molecule has 2 unspecified atom stereocenters. The van der Waals surface area contributed by atoms with Crippen LogP contribution in [-0.4, -0.2) is 46.5 Å². The number of nitrogens with two attached hydrogens (primary N) is 1. The van der Waals surface area contributed by atoms with Gasteiger partial charge in [0.05, 0.1) is 19.3 Å². The molecule has 0 aromatic carbocycles. The molecule has 1 aromatic heterocycles. The lowest BCUT2D eigenvalue weighted by atomic mass is 9.90. The third kappa shape index (κ3) is 2.52. The number of nitrogen functional groups attached to an aromatic ring is 1. The molecule has 0 radical (unpaired) electrons. The summed E-state index contributed by atoms with van der Waals surface area (Å²) in [6.07, 6.45) is 7.60. The van der Waals surface area contributed by atoms with E-state index in [0.29, 0.717) is 18.0 Å². The Kier molecular flexibility index (Phi) is 3.52. The maximum atomic E-state index is 5.88. The molecule has 1 saturated heterocycles. The van der Waals surface area contributed by atoms with Gasteiger partial charge in [-0.2, -0.15) is 5.10 Å². The maximum Gasteiger partial charge on any atom is 0.145 e. The molecule has 3 rings (SSSR count). The highest BCUT2D eigenvalue weighted by atomic mass is 16.5. The first-order valence-electron chi connectivity index (χ1n) is 6.97. The topological polar surface area (TPSA) is 56.3 Å². The second-order valence-corrected chi connectivity index (χ2v) is 5.30. The molecule has 100 valence electrons. The summed E-state index contributed by atoms with van der Waals surface area (Å²) in [4.78, 5) is 2.57. The Labute approximate surface area is 108 Å². The van der Waals surface area contributed by atoms with Crippen molar-refractivity contribution >= 4 is 5.82 Å². The second kappa shape index (κ2) is 5.28. The molecule has 2 fully saturated rings. The number of aromatic nitrogens is 2. The lowest BCUT2D eigenvalue weighted by Crippen LogP contribution is -2.53. The molecule has 2 heterocycles. The van der Waals surface area contributed by atoms with Crippen LogP contribution in [-0.2, 0) is 11.3 Å². The number of nitrogens with zero attached hydrogens (tertiary/aromatic N) is 3. The molecule has 0 amide bonds. The minimum Gasteiger partial charge on any atom is -0.382 e. The van der Waals surface area contributed by atoms with Crippen LogP contribution in [0.1, 0.15) is 25.7 Å². The highest BCUT2D eigenvalue weighted by Crippen LogP contribution is 2.28. The largest absolute Gasteiger partial charge is 0.382 e. The second-order valence-electron chi connectivity index (χ2n) is 5.30. The van der Waals surface area contributed by atoms with Crippen LogP contribution in [0.15, 0.2) is 12.3 Å². The van der Waals surface area contributed by atoms with Gasteiger partial charge in [0, 0.05) is 25.3 Å². The number of fused-ring (bicyclic) bond motifs is 1. The Morgan fingerprint density at radius 1 is 1.33 bits per heavy atom. The molecule has 0 bridgehead atoms. The van der Waals surface area contributed by atoms with Crippen LogP contribution in [0.5, 0.6) is 0 Å². The summed E-state index contributed by atoms with van der Waals surface area (Å²) in [5.41, 5.74) is 5.63. The normalized spacial score (nSPS) is 29.1. The van der Waals surface area contributed by atoms with E-state index in [0.717, 1.165) is 26.2 Å². The summed E-state index contributed by atoms with van der Waals surface area (Å²) >= 11 is 0. The molecule has 5 nitrogen and oxygen atoms in total. The van der Waals surface area contributed by atoms with Gasteiger partial charge in [-0.05, 0) is 18.9 Å². The van der Waals surface area contributed by atoms with E-state index in [9.17, 15) is 0 Å². The van der Waals surface area contributed by atoms with E-state index in [1.165, 1.54) is 25.7 Å². The van der Waals surface area contributed by atoms with Crippen molar-refractivity contribution in [3.63, 3.8) is 0 Å². The van der Waals surface area contributed by atoms with Crippen molar-refractivity contribution < 1.29 is 4.74 Å². The van der Waals surface area contributed by atoms with Crippen LogP contribution in [0.4, 0.5) is 5.82 Å². The summed E-state index contributed by atoms with van der Waals surface area (Å²) in [5, 5.41) is 4.24. The molecule has 5 heteroatoms. The Balaban J connectivity index is 1.57. The molecular weight excluding hydrogens is 228 g/mol. The first-order chi connectivity index (χ1) is 8.83. The van der Waals surface area contributed by atoms with Gasteiger partial charge in [-0.25, -0.2) is 0 Å². The van der Waals surface area contributed by atoms with E-state index < -0.39 is 0 Å². The molecule has 1 saturated carbocycles. The zero-order valence-corrected chi connectivity index (χ0v) is 10.8. The van der Waals surface area contributed by atoms with E-state index in [1.54, 1.807) is 0 Å². The fourth-order valence-electron chi connectivity index (χ4n) is 3.19. The molecule has 1 aliphatic heterocycles. The summed E-state index contributed by atoms with van der Waals surface area (Å²) in [6, 6.07) is 2.48. The quantitative estimate of drug-likeness (QED) is 0.873. The molecule has 1 aromatic rings. The van der Waals surface area contributed by atoms with Crippen molar-refractivity contribution in [2.45, 2.75) is 44.4 Å². The van der Waals surface area contributed by atoms with Gasteiger partial charge in [0.25, 0.3) is 0 Å². The van der Waals surface area contributed by atoms with Crippen molar-refractivity contribution in [2.75, 3.05) is 25.4 Å². The van der Waals surface area contributed by atoms with Crippen LogP contribution >= 0.6 is 0 Å². The summed E-state index contributed by atoms with van der Waals surface area (Å²) in [5.74, 6) is 0.604. The van der Waals surface area contributed by atoms with Crippen molar-refractivity contribution in [1.82, 2.24) is 14.7 Å².